The fraction of sp³-hybridized carbons (Fsp3) is 0.400. The smallest absolute Gasteiger partial charge is 0.240 e. The van der Waals surface area contributed by atoms with Gasteiger partial charge in [0.1, 0.15) is 6.61 Å². The quantitative estimate of drug-likeness (QED) is 0.814. The number of carbonyl (C=O) groups is 1. The molecule has 0 saturated carbocycles. The molecule has 1 saturated heterocycles. The molecule has 1 aromatic rings. The molecule has 0 spiro atoms. The Morgan fingerprint density at radius 3 is 3.00 bits per heavy atom. The number of rotatable bonds is 2. The summed E-state index contributed by atoms with van der Waals surface area (Å²) in [6.45, 7) is 1.80. The van der Waals surface area contributed by atoms with Crippen LogP contribution in [0.1, 0.15) is 25.3 Å². The van der Waals surface area contributed by atoms with Gasteiger partial charge in [-0.3, -0.25) is 4.79 Å². The number of thioether (sulfide) groups is 1. The van der Waals surface area contributed by atoms with Crippen molar-refractivity contribution in [1.29, 1.82) is 0 Å². The third kappa shape index (κ3) is 3.31. The van der Waals surface area contributed by atoms with E-state index in [0.29, 0.717) is 5.69 Å². The number of hydrogen-bond donors (Lipinski definition) is 2. The van der Waals surface area contributed by atoms with E-state index in [1.807, 2.05) is 31.2 Å². The number of aliphatic hydroxyl groups excluding tert-OH is 1. The van der Waals surface area contributed by atoms with E-state index in [9.17, 15) is 4.79 Å². The highest BCUT2D eigenvalue weighted by Gasteiger charge is 2.37. The molecule has 1 unspecified atom stereocenters. The Kier molecular flexibility index (Phi) is 4.52. The summed E-state index contributed by atoms with van der Waals surface area (Å²) in [5, 5.41) is 11.7. The highest BCUT2D eigenvalue weighted by atomic mass is 32.2. The Morgan fingerprint density at radius 1 is 1.53 bits per heavy atom. The zero-order chi connectivity index (χ0) is 13.7. The van der Waals surface area contributed by atoms with Crippen molar-refractivity contribution in [3.8, 4) is 11.8 Å². The van der Waals surface area contributed by atoms with Gasteiger partial charge >= 0.3 is 0 Å². The minimum absolute atomic E-state index is 0.0354. The van der Waals surface area contributed by atoms with Crippen molar-refractivity contribution < 1.29 is 9.90 Å². The van der Waals surface area contributed by atoms with Crippen LogP contribution in [0.4, 0.5) is 5.69 Å². The van der Waals surface area contributed by atoms with E-state index in [1.54, 1.807) is 11.8 Å². The zero-order valence-electron chi connectivity index (χ0n) is 10.9. The van der Waals surface area contributed by atoms with Crippen LogP contribution in [0.15, 0.2) is 24.3 Å². The van der Waals surface area contributed by atoms with Gasteiger partial charge in [0.15, 0.2) is 0 Å². The monoisotopic (exact) mass is 275 g/mol. The molecule has 19 heavy (non-hydrogen) atoms. The Bertz CT molecular complexity index is 524. The maximum atomic E-state index is 12.3. The lowest BCUT2D eigenvalue weighted by molar-refractivity contribution is -0.118. The predicted molar refractivity (Wildman–Crippen MR) is 79.1 cm³/mol. The molecule has 0 radical (unpaired) electrons. The number of amides is 1. The van der Waals surface area contributed by atoms with Crippen molar-refractivity contribution in [2.75, 3.05) is 17.7 Å². The lowest BCUT2D eigenvalue weighted by Crippen LogP contribution is -2.34. The second-order valence-electron chi connectivity index (χ2n) is 4.64. The first kappa shape index (κ1) is 14.0. The minimum atomic E-state index is -0.336. The maximum absolute atomic E-state index is 12.3. The van der Waals surface area contributed by atoms with Crippen molar-refractivity contribution >= 4 is 23.4 Å². The fourth-order valence-electron chi connectivity index (χ4n) is 2.05. The van der Waals surface area contributed by atoms with Gasteiger partial charge < -0.3 is 10.4 Å². The molecule has 1 atom stereocenters. The SMILES string of the molecule is CC1(C(=O)Nc2ccccc2C#CCO)CCCS1. The summed E-state index contributed by atoms with van der Waals surface area (Å²) in [6.07, 6.45) is 1.99. The molecule has 1 aliphatic heterocycles. The number of hydrogen-bond acceptors (Lipinski definition) is 3. The van der Waals surface area contributed by atoms with Gasteiger partial charge in [0.2, 0.25) is 5.91 Å². The van der Waals surface area contributed by atoms with E-state index in [1.165, 1.54) is 0 Å². The number of aliphatic hydroxyl groups is 1. The highest BCUT2D eigenvalue weighted by molar-refractivity contribution is 8.01. The molecule has 1 aromatic carbocycles. The van der Waals surface area contributed by atoms with Gasteiger partial charge in [-0.1, -0.05) is 24.0 Å². The number of carbonyl (C=O) groups excluding carboxylic acids is 1. The van der Waals surface area contributed by atoms with Crippen LogP contribution in [0.25, 0.3) is 0 Å². The van der Waals surface area contributed by atoms with Gasteiger partial charge in [-0.05, 0) is 37.7 Å². The molecule has 1 amide bonds. The number of para-hydroxylation sites is 1. The normalized spacial score (nSPS) is 21.6. The van der Waals surface area contributed by atoms with Gasteiger partial charge in [-0.2, -0.15) is 0 Å². The average Bonchev–Trinajstić information content (AvgIpc) is 2.86. The minimum Gasteiger partial charge on any atom is -0.384 e. The molecule has 0 aliphatic carbocycles. The van der Waals surface area contributed by atoms with Crippen molar-refractivity contribution in [2.45, 2.75) is 24.5 Å². The molecule has 100 valence electrons. The van der Waals surface area contributed by atoms with Crippen molar-refractivity contribution in [3.05, 3.63) is 29.8 Å². The molecular weight excluding hydrogens is 258 g/mol. The number of anilines is 1. The van der Waals surface area contributed by atoms with Gasteiger partial charge in [0.25, 0.3) is 0 Å². The van der Waals surface area contributed by atoms with E-state index in [4.69, 9.17) is 5.11 Å². The van der Waals surface area contributed by atoms with Crippen LogP contribution in [0.5, 0.6) is 0 Å². The molecular formula is C15H17NO2S. The fourth-order valence-corrected chi connectivity index (χ4v) is 3.26. The molecule has 2 rings (SSSR count). The van der Waals surface area contributed by atoms with Crippen LogP contribution in [0.3, 0.4) is 0 Å². The molecule has 1 heterocycles. The Hall–Kier alpha value is -1.44. The summed E-state index contributed by atoms with van der Waals surface area (Å²) >= 11 is 1.71. The third-order valence-corrected chi connectivity index (χ3v) is 4.70. The topological polar surface area (TPSA) is 49.3 Å². The summed E-state index contributed by atoms with van der Waals surface area (Å²) in [4.78, 5) is 12.3. The first-order valence-electron chi connectivity index (χ1n) is 6.30. The van der Waals surface area contributed by atoms with Crippen LogP contribution >= 0.6 is 11.8 Å². The summed E-state index contributed by atoms with van der Waals surface area (Å²) < 4.78 is -0.336. The van der Waals surface area contributed by atoms with Crippen LogP contribution in [-0.4, -0.2) is 28.1 Å². The maximum Gasteiger partial charge on any atom is 0.240 e. The second kappa shape index (κ2) is 6.14. The van der Waals surface area contributed by atoms with E-state index < -0.39 is 0 Å². The molecule has 1 aliphatic rings. The standard InChI is InChI=1S/C15H17NO2S/c1-15(9-5-11-19-15)14(18)16-13-8-3-2-6-12(13)7-4-10-17/h2-3,6,8,17H,5,9-11H2,1H3,(H,16,18). The molecule has 4 heteroatoms. The first-order valence-corrected chi connectivity index (χ1v) is 7.28. The molecule has 3 nitrogen and oxygen atoms in total. The molecule has 2 N–H and O–H groups in total. The van der Waals surface area contributed by atoms with Crippen molar-refractivity contribution in [1.82, 2.24) is 0 Å². The average molecular weight is 275 g/mol. The van der Waals surface area contributed by atoms with Gasteiger partial charge in [0.05, 0.1) is 10.4 Å². The summed E-state index contributed by atoms with van der Waals surface area (Å²) in [5.74, 6) is 6.53. The van der Waals surface area contributed by atoms with Gasteiger partial charge in [-0.15, -0.1) is 11.8 Å². The van der Waals surface area contributed by atoms with Crippen LogP contribution in [0, 0.1) is 11.8 Å². The van der Waals surface area contributed by atoms with E-state index in [2.05, 4.69) is 17.2 Å². The lowest BCUT2D eigenvalue weighted by atomic mass is 10.0. The summed E-state index contributed by atoms with van der Waals surface area (Å²) in [6, 6.07) is 7.40. The Labute approximate surface area is 117 Å². The zero-order valence-corrected chi connectivity index (χ0v) is 11.7. The van der Waals surface area contributed by atoms with Gasteiger partial charge in [-0.25, -0.2) is 0 Å². The van der Waals surface area contributed by atoms with E-state index in [0.717, 1.165) is 24.2 Å². The molecule has 0 bridgehead atoms. The molecule has 1 fully saturated rings. The number of nitrogens with one attached hydrogen (secondary N) is 1. The predicted octanol–water partition coefficient (Wildman–Crippen LogP) is 2.25. The Morgan fingerprint density at radius 2 is 2.32 bits per heavy atom. The van der Waals surface area contributed by atoms with E-state index >= 15 is 0 Å². The molecule has 0 aromatic heterocycles. The lowest BCUT2D eigenvalue weighted by Gasteiger charge is -2.21. The second-order valence-corrected chi connectivity index (χ2v) is 6.24. The highest BCUT2D eigenvalue weighted by Crippen LogP contribution is 2.38. The summed E-state index contributed by atoms with van der Waals surface area (Å²) in [7, 11) is 0. The largest absolute Gasteiger partial charge is 0.384 e. The first-order chi connectivity index (χ1) is 9.15. The number of benzene rings is 1. The van der Waals surface area contributed by atoms with E-state index in [-0.39, 0.29) is 17.3 Å². The Balaban J connectivity index is 2.17. The van der Waals surface area contributed by atoms with Crippen LogP contribution < -0.4 is 5.32 Å². The van der Waals surface area contributed by atoms with Crippen LogP contribution in [0.2, 0.25) is 0 Å². The van der Waals surface area contributed by atoms with Crippen molar-refractivity contribution in [3.63, 3.8) is 0 Å². The van der Waals surface area contributed by atoms with Crippen molar-refractivity contribution in [2.24, 2.45) is 0 Å². The summed E-state index contributed by atoms with van der Waals surface area (Å²) in [5.41, 5.74) is 1.44. The third-order valence-electron chi connectivity index (χ3n) is 3.18. The van der Waals surface area contributed by atoms with Crippen LogP contribution in [-0.2, 0) is 4.79 Å². The van der Waals surface area contributed by atoms with Gasteiger partial charge in [0, 0.05) is 5.56 Å².